The lowest BCUT2D eigenvalue weighted by Crippen LogP contribution is -2.61. The molecule has 0 heterocycles. The maximum Gasteiger partial charge on any atom is 0.160 e. The van der Waals surface area contributed by atoms with Gasteiger partial charge in [0, 0.05) is 12.3 Å². The topological polar surface area (TPSA) is 34.1 Å². The lowest BCUT2D eigenvalue weighted by atomic mass is 9.45. The Morgan fingerprint density at radius 1 is 1.04 bits per heavy atom. The number of rotatable bonds is 0. The van der Waals surface area contributed by atoms with Crippen molar-refractivity contribution in [2.75, 3.05) is 0 Å². The summed E-state index contributed by atoms with van der Waals surface area (Å²) in [6.07, 6.45) is 8.08. The summed E-state index contributed by atoms with van der Waals surface area (Å²) in [7, 11) is 0. The predicted molar refractivity (Wildman–Crippen MR) is 97.9 cm³/mol. The molecule has 0 amide bonds. The molecule has 4 heteroatoms. The smallest absolute Gasteiger partial charge is 0.160 e. The average molecular weight is 446 g/mol. The van der Waals surface area contributed by atoms with Gasteiger partial charge in [-0.05, 0) is 60.7 Å². The van der Waals surface area contributed by atoms with Crippen LogP contribution in [0.15, 0.2) is 0 Å². The molecule has 128 valence electrons. The Hall–Kier alpha value is 0.300. The molecule has 0 saturated heterocycles. The van der Waals surface area contributed by atoms with Crippen molar-refractivity contribution in [1.82, 2.24) is 0 Å². The number of hydrogen-bond acceptors (Lipinski definition) is 2. The normalized spacial score (nSPS) is 56.0. The van der Waals surface area contributed by atoms with Gasteiger partial charge in [0.15, 0.2) is 5.78 Å². The molecule has 4 aliphatic rings. The molecule has 0 aromatic heterocycles. The van der Waals surface area contributed by atoms with Crippen LogP contribution in [0.3, 0.4) is 0 Å². The van der Waals surface area contributed by atoms with E-state index in [9.17, 15) is 9.59 Å². The highest BCUT2D eigenvalue weighted by atomic mass is 79.9. The van der Waals surface area contributed by atoms with Crippen LogP contribution in [0.1, 0.15) is 58.8 Å². The van der Waals surface area contributed by atoms with Gasteiger partial charge in [0.25, 0.3) is 0 Å². The highest BCUT2D eigenvalue weighted by Gasteiger charge is 2.63. The van der Waals surface area contributed by atoms with Gasteiger partial charge in [0.1, 0.15) is 5.78 Å². The summed E-state index contributed by atoms with van der Waals surface area (Å²) < 4.78 is 0. The van der Waals surface area contributed by atoms with Crippen molar-refractivity contribution in [3.8, 4) is 0 Å². The first kappa shape index (κ1) is 16.8. The van der Waals surface area contributed by atoms with Gasteiger partial charge in [-0.3, -0.25) is 9.59 Å². The van der Waals surface area contributed by atoms with E-state index in [-0.39, 0.29) is 26.8 Å². The molecule has 4 fully saturated rings. The van der Waals surface area contributed by atoms with Crippen LogP contribution in [-0.4, -0.2) is 21.2 Å². The molecule has 0 bridgehead atoms. The van der Waals surface area contributed by atoms with Gasteiger partial charge >= 0.3 is 0 Å². The van der Waals surface area contributed by atoms with Crippen LogP contribution in [0.25, 0.3) is 0 Å². The third-order valence-electron chi connectivity index (χ3n) is 8.05. The van der Waals surface area contributed by atoms with Gasteiger partial charge in [0.05, 0.1) is 9.65 Å². The molecule has 0 aliphatic heterocycles. The molecule has 2 nitrogen and oxygen atoms in total. The van der Waals surface area contributed by atoms with E-state index in [0.29, 0.717) is 29.5 Å². The Balaban J connectivity index is 1.73. The summed E-state index contributed by atoms with van der Waals surface area (Å²) in [4.78, 5) is 25.1. The lowest BCUT2D eigenvalue weighted by Gasteiger charge is -2.60. The third kappa shape index (κ3) is 2.22. The molecule has 8 atom stereocenters. The minimum atomic E-state index is -0.295. The van der Waals surface area contributed by atoms with Gasteiger partial charge in [-0.25, -0.2) is 0 Å². The van der Waals surface area contributed by atoms with Crippen molar-refractivity contribution in [1.29, 1.82) is 0 Å². The molecule has 0 spiro atoms. The fraction of sp³-hybridized carbons (Fsp3) is 0.895. The molecule has 0 N–H and O–H groups in total. The SMILES string of the molecule is C[C@@]12CCC[C@H]1[C@@H]1CC(=O)[C@@H]3[C@H](Br)C(=O)[C@H](Br)C[C@]3(C)[C@H]1CC2. The standard InChI is InChI=1S/C19H26Br2O2/c1-18-6-3-4-11(18)10-8-14(22)15-16(21)17(23)13(20)9-19(15,2)12(10)5-7-18/h10-13,15-16H,3-9H2,1-2H3/t10-,11-,12-,13+,15+,16-,18-,19+/m0/s1. The van der Waals surface area contributed by atoms with E-state index in [1.165, 1.54) is 32.1 Å². The Morgan fingerprint density at radius 2 is 1.78 bits per heavy atom. The Labute approximate surface area is 155 Å². The van der Waals surface area contributed by atoms with E-state index in [4.69, 9.17) is 0 Å². The minimum absolute atomic E-state index is 0.0276. The van der Waals surface area contributed by atoms with Crippen molar-refractivity contribution in [2.24, 2.45) is 34.5 Å². The zero-order valence-electron chi connectivity index (χ0n) is 14.0. The summed E-state index contributed by atoms with van der Waals surface area (Å²) in [5.74, 6) is 2.28. The fourth-order valence-electron chi connectivity index (χ4n) is 6.94. The minimum Gasteiger partial charge on any atom is -0.299 e. The number of carbonyl (C=O) groups is 2. The highest BCUT2D eigenvalue weighted by molar-refractivity contribution is 9.10. The second kappa shape index (κ2) is 5.40. The second-order valence-electron chi connectivity index (χ2n) is 9.09. The van der Waals surface area contributed by atoms with E-state index in [2.05, 4.69) is 45.7 Å². The summed E-state index contributed by atoms with van der Waals surface area (Å²) >= 11 is 7.20. The Kier molecular flexibility index (Phi) is 3.93. The van der Waals surface area contributed by atoms with Crippen LogP contribution in [0.4, 0.5) is 0 Å². The number of fused-ring (bicyclic) bond motifs is 5. The number of alkyl halides is 2. The monoisotopic (exact) mass is 444 g/mol. The maximum absolute atomic E-state index is 13.0. The van der Waals surface area contributed by atoms with E-state index in [1.54, 1.807) is 0 Å². The molecule has 23 heavy (non-hydrogen) atoms. The lowest BCUT2D eigenvalue weighted by molar-refractivity contribution is -0.155. The first-order valence-electron chi connectivity index (χ1n) is 9.12. The summed E-state index contributed by atoms with van der Waals surface area (Å²) in [6, 6.07) is 0. The number of halogens is 2. The number of carbonyl (C=O) groups excluding carboxylic acids is 2. The molecule has 4 rings (SSSR count). The van der Waals surface area contributed by atoms with E-state index >= 15 is 0 Å². The van der Waals surface area contributed by atoms with Crippen molar-refractivity contribution in [2.45, 2.75) is 68.4 Å². The molecule has 0 aromatic rings. The summed E-state index contributed by atoms with van der Waals surface area (Å²) in [5, 5.41) is 0. The maximum atomic E-state index is 13.0. The van der Waals surface area contributed by atoms with E-state index in [1.807, 2.05) is 0 Å². The van der Waals surface area contributed by atoms with Crippen molar-refractivity contribution < 1.29 is 9.59 Å². The van der Waals surface area contributed by atoms with Crippen LogP contribution < -0.4 is 0 Å². The van der Waals surface area contributed by atoms with Crippen LogP contribution in [0, 0.1) is 34.5 Å². The molecule has 0 radical (unpaired) electrons. The Bertz CT molecular complexity index is 562. The Morgan fingerprint density at radius 3 is 2.52 bits per heavy atom. The van der Waals surface area contributed by atoms with Crippen LogP contribution in [0.5, 0.6) is 0 Å². The third-order valence-corrected chi connectivity index (χ3v) is 9.81. The van der Waals surface area contributed by atoms with Crippen molar-refractivity contribution in [3.63, 3.8) is 0 Å². The van der Waals surface area contributed by atoms with Crippen LogP contribution in [-0.2, 0) is 9.59 Å². The largest absolute Gasteiger partial charge is 0.299 e. The molecule has 4 aliphatic carbocycles. The quantitative estimate of drug-likeness (QED) is 0.496. The summed E-state index contributed by atoms with van der Waals surface area (Å²) in [5.41, 5.74) is 0.441. The summed E-state index contributed by atoms with van der Waals surface area (Å²) in [6.45, 7) is 4.77. The van der Waals surface area contributed by atoms with Crippen molar-refractivity contribution >= 4 is 43.4 Å². The van der Waals surface area contributed by atoms with Gasteiger partial charge in [-0.2, -0.15) is 0 Å². The predicted octanol–water partition coefficient (Wildman–Crippen LogP) is 4.91. The molecule has 4 saturated carbocycles. The zero-order valence-corrected chi connectivity index (χ0v) is 17.2. The molecular formula is C19H26Br2O2. The van der Waals surface area contributed by atoms with Crippen LogP contribution >= 0.6 is 31.9 Å². The van der Waals surface area contributed by atoms with Gasteiger partial charge in [-0.1, -0.05) is 52.1 Å². The first-order valence-corrected chi connectivity index (χ1v) is 11.0. The van der Waals surface area contributed by atoms with Crippen LogP contribution in [0.2, 0.25) is 0 Å². The van der Waals surface area contributed by atoms with E-state index in [0.717, 1.165) is 12.3 Å². The average Bonchev–Trinajstić information content (AvgIpc) is 2.86. The second-order valence-corrected chi connectivity index (χ2v) is 11.2. The molecule has 0 aromatic carbocycles. The van der Waals surface area contributed by atoms with E-state index < -0.39 is 0 Å². The number of Topliss-reactive ketones (excluding diaryl/α,β-unsaturated/α-hetero) is 2. The highest BCUT2D eigenvalue weighted by Crippen LogP contribution is 2.66. The fourth-order valence-corrected chi connectivity index (χ4v) is 9.50. The number of ketones is 2. The zero-order chi connectivity index (χ0) is 16.6. The van der Waals surface area contributed by atoms with Gasteiger partial charge < -0.3 is 0 Å². The first-order chi connectivity index (χ1) is 10.8. The van der Waals surface area contributed by atoms with Gasteiger partial charge in [-0.15, -0.1) is 0 Å². The van der Waals surface area contributed by atoms with Crippen molar-refractivity contribution in [3.05, 3.63) is 0 Å². The molecule has 0 unspecified atom stereocenters. The van der Waals surface area contributed by atoms with Gasteiger partial charge in [0.2, 0.25) is 0 Å². The number of hydrogen-bond donors (Lipinski definition) is 0. The molecular weight excluding hydrogens is 420 g/mol.